The van der Waals surface area contributed by atoms with E-state index in [2.05, 4.69) is 4.84 Å². The van der Waals surface area contributed by atoms with Crippen molar-refractivity contribution in [1.82, 2.24) is 0 Å². The average Bonchev–Trinajstić information content (AvgIpc) is 2.04. The Morgan fingerprint density at radius 1 is 1.45 bits per heavy atom. The van der Waals surface area contributed by atoms with Crippen molar-refractivity contribution in [3.8, 4) is 0 Å². The summed E-state index contributed by atoms with van der Waals surface area (Å²) < 4.78 is 10.5. The molecular formula is C7H15NO3. The van der Waals surface area contributed by atoms with E-state index in [1.54, 1.807) is 7.11 Å². The van der Waals surface area contributed by atoms with Gasteiger partial charge in [-0.2, -0.15) is 0 Å². The Morgan fingerprint density at radius 3 is 2.64 bits per heavy atom. The van der Waals surface area contributed by atoms with Gasteiger partial charge in [-0.15, -0.1) is 0 Å². The zero-order valence-electron chi connectivity index (χ0n) is 6.95. The van der Waals surface area contributed by atoms with Crippen LogP contribution in [-0.4, -0.2) is 25.6 Å². The van der Waals surface area contributed by atoms with Crippen LogP contribution in [0.5, 0.6) is 0 Å². The van der Waals surface area contributed by atoms with Crippen LogP contribution in [0.1, 0.15) is 19.8 Å². The molecule has 11 heavy (non-hydrogen) atoms. The van der Waals surface area contributed by atoms with Gasteiger partial charge >= 0.3 is 0 Å². The van der Waals surface area contributed by atoms with Crippen molar-refractivity contribution in [1.29, 1.82) is 0 Å². The lowest BCUT2D eigenvalue weighted by Crippen LogP contribution is -2.40. The maximum Gasteiger partial charge on any atom is 0.177 e. The minimum Gasteiger partial charge on any atom is -0.379 e. The fourth-order valence-corrected chi connectivity index (χ4v) is 1.34. The highest BCUT2D eigenvalue weighted by Crippen LogP contribution is 2.20. The first-order valence-corrected chi connectivity index (χ1v) is 3.81. The smallest absolute Gasteiger partial charge is 0.177 e. The van der Waals surface area contributed by atoms with Crippen LogP contribution >= 0.6 is 0 Å². The van der Waals surface area contributed by atoms with Gasteiger partial charge in [-0.25, -0.2) is 5.90 Å². The Bertz CT molecular complexity index is 120. The summed E-state index contributed by atoms with van der Waals surface area (Å²) in [6.07, 6.45) is 1.75. The van der Waals surface area contributed by atoms with Gasteiger partial charge in [0.1, 0.15) is 0 Å². The number of hydrogen-bond acceptors (Lipinski definition) is 4. The van der Waals surface area contributed by atoms with Crippen LogP contribution in [-0.2, 0) is 14.3 Å². The van der Waals surface area contributed by atoms with E-state index in [0.717, 1.165) is 12.8 Å². The maximum atomic E-state index is 5.37. The standard InChI is InChI=1S/C7H15NO3/c1-5-6(9-2)3-4-7(10-5)11-8/h5-7H,3-4,8H2,1-2H3. The van der Waals surface area contributed by atoms with Gasteiger partial charge in [-0.3, -0.25) is 4.84 Å². The number of methoxy groups -OCH3 is 1. The second-order valence-electron chi connectivity index (χ2n) is 2.76. The van der Waals surface area contributed by atoms with Crippen LogP contribution < -0.4 is 5.90 Å². The van der Waals surface area contributed by atoms with Crippen LogP contribution in [0.25, 0.3) is 0 Å². The SMILES string of the molecule is COC1CCC(ON)OC1C. The molecule has 3 atom stereocenters. The van der Waals surface area contributed by atoms with Gasteiger partial charge in [-0.05, 0) is 13.3 Å². The molecule has 4 heteroatoms. The molecule has 1 heterocycles. The second-order valence-corrected chi connectivity index (χ2v) is 2.76. The summed E-state index contributed by atoms with van der Waals surface area (Å²) in [7, 11) is 1.69. The number of hydrogen-bond donors (Lipinski definition) is 1. The fourth-order valence-electron chi connectivity index (χ4n) is 1.34. The van der Waals surface area contributed by atoms with E-state index in [4.69, 9.17) is 15.4 Å². The van der Waals surface area contributed by atoms with E-state index in [1.165, 1.54) is 0 Å². The van der Waals surface area contributed by atoms with Crippen molar-refractivity contribution in [2.24, 2.45) is 5.90 Å². The van der Waals surface area contributed by atoms with Gasteiger partial charge < -0.3 is 9.47 Å². The van der Waals surface area contributed by atoms with Crippen molar-refractivity contribution in [2.45, 2.75) is 38.3 Å². The van der Waals surface area contributed by atoms with Crippen LogP contribution in [0.4, 0.5) is 0 Å². The first-order chi connectivity index (χ1) is 5.27. The summed E-state index contributed by atoms with van der Waals surface area (Å²) in [5, 5.41) is 0. The minimum absolute atomic E-state index is 0.0716. The lowest BCUT2D eigenvalue weighted by molar-refractivity contribution is -0.223. The van der Waals surface area contributed by atoms with E-state index in [1.807, 2.05) is 6.92 Å². The normalized spacial score (nSPS) is 39.0. The van der Waals surface area contributed by atoms with Gasteiger partial charge in [-0.1, -0.05) is 0 Å². The molecule has 0 radical (unpaired) electrons. The second kappa shape index (κ2) is 4.01. The molecule has 0 aromatic heterocycles. The molecule has 0 aliphatic carbocycles. The molecule has 1 rings (SSSR count). The summed E-state index contributed by atoms with van der Waals surface area (Å²) >= 11 is 0. The van der Waals surface area contributed by atoms with Crippen molar-refractivity contribution < 1.29 is 14.3 Å². The lowest BCUT2D eigenvalue weighted by Gasteiger charge is -2.32. The van der Waals surface area contributed by atoms with Gasteiger partial charge in [0, 0.05) is 13.5 Å². The summed E-state index contributed by atoms with van der Waals surface area (Å²) in [5.41, 5.74) is 0. The van der Waals surface area contributed by atoms with Crippen molar-refractivity contribution >= 4 is 0 Å². The Kier molecular flexibility index (Phi) is 3.26. The molecule has 0 spiro atoms. The largest absolute Gasteiger partial charge is 0.379 e. The van der Waals surface area contributed by atoms with E-state index < -0.39 is 0 Å². The van der Waals surface area contributed by atoms with Crippen molar-refractivity contribution in [3.05, 3.63) is 0 Å². The van der Waals surface area contributed by atoms with Gasteiger partial charge in [0.05, 0.1) is 12.2 Å². The molecule has 0 amide bonds. The third-order valence-corrected chi connectivity index (χ3v) is 2.03. The highest BCUT2D eigenvalue weighted by Gasteiger charge is 2.27. The first kappa shape index (κ1) is 8.93. The Labute approximate surface area is 66.6 Å². The van der Waals surface area contributed by atoms with E-state index >= 15 is 0 Å². The quantitative estimate of drug-likeness (QED) is 0.596. The van der Waals surface area contributed by atoms with Gasteiger partial charge in [0.15, 0.2) is 6.29 Å². The van der Waals surface area contributed by atoms with Crippen LogP contribution in [0.3, 0.4) is 0 Å². The summed E-state index contributed by atoms with van der Waals surface area (Å²) in [6.45, 7) is 1.96. The average molecular weight is 161 g/mol. The summed E-state index contributed by atoms with van der Waals surface area (Å²) in [5.74, 6) is 4.99. The molecule has 66 valence electrons. The van der Waals surface area contributed by atoms with Gasteiger partial charge in [0.2, 0.25) is 0 Å². The van der Waals surface area contributed by atoms with Crippen LogP contribution in [0, 0.1) is 0 Å². The Hall–Kier alpha value is -0.160. The first-order valence-electron chi connectivity index (χ1n) is 3.81. The molecular weight excluding hydrogens is 146 g/mol. The van der Waals surface area contributed by atoms with E-state index in [9.17, 15) is 0 Å². The molecule has 0 saturated carbocycles. The monoisotopic (exact) mass is 161 g/mol. The molecule has 0 bridgehead atoms. The molecule has 0 aromatic carbocycles. The van der Waals surface area contributed by atoms with Crippen molar-refractivity contribution in [3.63, 3.8) is 0 Å². The molecule has 2 N–H and O–H groups in total. The number of nitrogens with two attached hydrogens (primary N) is 1. The predicted molar refractivity (Wildman–Crippen MR) is 39.6 cm³/mol. The molecule has 1 aliphatic rings. The minimum atomic E-state index is -0.253. The third-order valence-electron chi connectivity index (χ3n) is 2.03. The van der Waals surface area contributed by atoms with Crippen LogP contribution in [0.15, 0.2) is 0 Å². The molecule has 1 fully saturated rings. The molecule has 1 aliphatic heterocycles. The zero-order chi connectivity index (χ0) is 8.27. The molecule has 1 saturated heterocycles. The van der Waals surface area contributed by atoms with Crippen LogP contribution in [0.2, 0.25) is 0 Å². The fraction of sp³-hybridized carbons (Fsp3) is 1.00. The van der Waals surface area contributed by atoms with E-state index in [-0.39, 0.29) is 18.5 Å². The Balaban J connectivity index is 2.34. The highest BCUT2D eigenvalue weighted by atomic mass is 16.8. The zero-order valence-corrected chi connectivity index (χ0v) is 6.95. The molecule has 0 aromatic rings. The predicted octanol–water partition coefficient (Wildman–Crippen LogP) is 0.417. The lowest BCUT2D eigenvalue weighted by atomic mass is 10.1. The van der Waals surface area contributed by atoms with Crippen molar-refractivity contribution in [2.75, 3.05) is 7.11 Å². The summed E-state index contributed by atoms with van der Waals surface area (Å²) in [4.78, 5) is 4.58. The molecule has 3 unspecified atom stereocenters. The number of rotatable bonds is 2. The van der Waals surface area contributed by atoms with Gasteiger partial charge in [0.25, 0.3) is 0 Å². The third kappa shape index (κ3) is 2.13. The molecule has 4 nitrogen and oxygen atoms in total. The highest BCUT2D eigenvalue weighted by molar-refractivity contribution is 4.72. The topological polar surface area (TPSA) is 53.7 Å². The van der Waals surface area contributed by atoms with E-state index in [0.29, 0.717) is 0 Å². The summed E-state index contributed by atoms with van der Waals surface area (Å²) in [6, 6.07) is 0. The number of ether oxygens (including phenoxy) is 2. The Morgan fingerprint density at radius 2 is 2.18 bits per heavy atom. The maximum absolute atomic E-state index is 5.37.